The van der Waals surface area contributed by atoms with E-state index in [1.165, 1.54) is 6.92 Å². The Kier molecular flexibility index (Phi) is 6.35. The van der Waals surface area contributed by atoms with Gasteiger partial charge in [-0.2, -0.15) is 0 Å². The molecule has 1 aromatic carbocycles. The van der Waals surface area contributed by atoms with Crippen molar-refractivity contribution < 1.29 is 19.5 Å². The number of nitrogens with one attached hydrogen (secondary N) is 2. The number of carbonyl (C=O) groups is 3. The summed E-state index contributed by atoms with van der Waals surface area (Å²) in [6.45, 7) is 1.93. The first-order valence-corrected chi connectivity index (χ1v) is 6.45. The molecule has 0 bridgehead atoms. The summed E-state index contributed by atoms with van der Waals surface area (Å²) < 4.78 is 0. The zero-order valence-corrected chi connectivity index (χ0v) is 12.0. The van der Waals surface area contributed by atoms with Crippen molar-refractivity contribution in [2.24, 2.45) is 0 Å². The Morgan fingerprint density at radius 1 is 1.19 bits per heavy atom. The molecule has 0 saturated carbocycles. The highest BCUT2D eigenvalue weighted by Gasteiger charge is 2.11. The average molecular weight is 293 g/mol. The Morgan fingerprint density at radius 2 is 1.86 bits per heavy atom. The van der Waals surface area contributed by atoms with E-state index in [1.807, 2.05) is 0 Å². The van der Waals surface area contributed by atoms with Gasteiger partial charge in [0.25, 0.3) is 5.91 Å². The third-order valence-electron chi connectivity index (χ3n) is 2.80. The third-order valence-corrected chi connectivity index (χ3v) is 2.80. The van der Waals surface area contributed by atoms with E-state index in [2.05, 4.69) is 10.9 Å². The van der Waals surface area contributed by atoms with Crippen molar-refractivity contribution in [3.8, 4) is 0 Å². The first kappa shape index (κ1) is 16.6. The van der Waals surface area contributed by atoms with Gasteiger partial charge in [-0.3, -0.25) is 25.3 Å². The number of hydrazine groups is 1. The Labute approximate surface area is 122 Å². The SMILES string of the molecule is CC(=O)NNC(=O)CN(C)CCc1ccccc1C(=O)O. The number of likely N-dealkylation sites (N-methyl/N-ethyl adjacent to an activating group) is 1. The molecule has 0 spiro atoms. The minimum atomic E-state index is -0.961. The molecule has 0 aliphatic rings. The molecule has 2 amide bonds. The van der Waals surface area contributed by atoms with Gasteiger partial charge in [-0.15, -0.1) is 0 Å². The number of amides is 2. The van der Waals surface area contributed by atoms with E-state index in [4.69, 9.17) is 5.11 Å². The number of carboxylic acids is 1. The first-order chi connectivity index (χ1) is 9.90. The molecule has 0 atom stereocenters. The number of carbonyl (C=O) groups excluding carboxylic acids is 2. The average Bonchev–Trinajstić information content (AvgIpc) is 2.43. The molecule has 0 fully saturated rings. The maximum atomic E-state index is 11.5. The number of rotatable bonds is 6. The van der Waals surface area contributed by atoms with Crippen LogP contribution in [-0.4, -0.2) is 47.9 Å². The zero-order chi connectivity index (χ0) is 15.8. The number of hydrogen-bond acceptors (Lipinski definition) is 4. The minimum absolute atomic E-state index is 0.107. The van der Waals surface area contributed by atoms with Crippen molar-refractivity contribution in [2.45, 2.75) is 13.3 Å². The van der Waals surface area contributed by atoms with Gasteiger partial charge >= 0.3 is 5.97 Å². The summed E-state index contributed by atoms with van der Waals surface area (Å²) in [7, 11) is 1.75. The van der Waals surface area contributed by atoms with Crippen LogP contribution in [-0.2, 0) is 16.0 Å². The quantitative estimate of drug-likeness (QED) is 0.643. The van der Waals surface area contributed by atoms with Crippen molar-refractivity contribution in [3.05, 3.63) is 35.4 Å². The van der Waals surface area contributed by atoms with E-state index < -0.39 is 5.97 Å². The fraction of sp³-hybridized carbons (Fsp3) is 0.357. The van der Waals surface area contributed by atoms with Gasteiger partial charge in [0.05, 0.1) is 12.1 Å². The van der Waals surface area contributed by atoms with Crippen molar-refractivity contribution in [3.63, 3.8) is 0 Å². The summed E-state index contributed by atoms with van der Waals surface area (Å²) in [5, 5.41) is 9.08. The van der Waals surface area contributed by atoms with Crippen LogP contribution in [0.15, 0.2) is 24.3 Å². The zero-order valence-electron chi connectivity index (χ0n) is 12.0. The van der Waals surface area contributed by atoms with Gasteiger partial charge in [-0.1, -0.05) is 18.2 Å². The molecule has 1 aromatic rings. The molecule has 0 aromatic heterocycles. The van der Waals surface area contributed by atoms with E-state index in [0.717, 1.165) is 5.56 Å². The fourth-order valence-corrected chi connectivity index (χ4v) is 1.78. The molecule has 3 N–H and O–H groups in total. The summed E-state index contributed by atoms with van der Waals surface area (Å²) in [6.07, 6.45) is 0.520. The normalized spacial score (nSPS) is 10.2. The molecular weight excluding hydrogens is 274 g/mol. The highest BCUT2D eigenvalue weighted by Crippen LogP contribution is 2.09. The topological polar surface area (TPSA) is 98.7 Å². The first-order valence-electron chi connectivity index (χ1n) is 6.45. The number of aromatic carboxylic acids is 1. The summed E-state index contributed by atoms with van der Waals surface area (Å²) in [5.74, 6) is -1.64. The molecule has 0 radical (unpaired) electrons. The Morgan fingerprint density at radius 3 is 2.48 bits per heavy atom. The molecule has 0 aliphatic heterocycles. The van der Waals surface area contributed by atoms with Crippen LogP contribution in [0.2, 0.25) is 0 Å². The van der Waals surface area contributed by atoms with Gasteiger partial charge in [0, 0.05) is 13.5 Å². The van der Waals surface area contributed by atoms with E-state index in [0.29, 0.717) is 13.0 Å². The van der Waals surface area contributed by atoms with E-state index in [-0.39, 0.29) is 23.9 Å². The van der Waals surface area contributed by atoms with Crippen molar-refractivity contribution in [2.75, 3.05) is 20.1 Å². The lowest BCUT2D eigenvalue weighted by molar-refractivity contribution is -0.128. The van der Waals surface area contributed by atoms with Gasteiger partial charge in [0.1, 0.15) is 0 Å². The maximum Gasteiger partial charge on any atom is 0.335 e. The second kappa shape index (κ2) is 8.01. The van der Waals surface area contributed by atoms with Crippen molar-refractivity contribution in [1.82, 2.24) is 15.8 Å². The molecule has 0 unspecified atom stereocenters. The number of nitrogens with zero attached hydrogens (tertiary/aromatic N) is 1. The monoisotopic (exact) mass is 293 g/mol. The lowest BCUT2D eigenvalue weighted by Crippen LogP contribution is -2.45. The number of benzene rings is 1. The van der Waals surface area contributed by atoms with Crippen LogP contribution in [0.1, 0.15) is 22.8 Å². The van der Waals surface area contributed by atoms with Crippen molar-refractivity contribution >= 4 is 17.8 Å². The van der Waals surface area contributed by atoms with Crippen LogP contribution < -0.4 is 10.9 Å². The van der Waals surface area contributed by atoms with Gasteiger partial charge in [0.15, 0.2) is 0 Å². The lowest BCUT2D eigenvalue weighted by atomic mass is 10.0. The predicted octanol–water partition coefficient (Wildman–Crippen LogP) is 0.0264. The third kappa shape index (κ3) is 6.05. The molecule has 0 aliphatic carbocycles. The Hall–Kier alpha value is -2.41. The molecule has 0 heterocycles. The van der Waals surface area contributed by atoms with E-state index >= 15 is 0 Å². The molecule has 7 heteroatoms. The van der Waals surface area contributed by atoms with E-state index in [1.54, 1.807) is 36.2 Å². The number of hydrogen-bond donors (Lipinski definition) is 3. The van der Waals surface area contributed by atoms with Crippen LogP contribution in [0.25, 0.3) is 0 Å². The number of carboxylic acid groups (broad SMARTS) is 1. The maximum absolute atomic E-state index is 11.5. The standard InChI is InChI=1S/C14H19N3O4/c1-10(18)15-16-13(19)9-17(2)8-7-11-5-3-4-6-12(11)14(20)21/h3-6H,7-9H2,1-2H3,(H,15,18)(H,16,19)(H,20,21). The second-order valence-electron chi connectivity index (χ2n) is 4.68. The summed E-state index contributed by atoms with van der Waals surface area (Å²) in [5.41, 5.74) is 5.47. The van der Waals surface area contributed by atoms with Crippen LogP contribution >= 0.6 is 0 Å². The smallest absolute Gasteiger partial charge is 0.335 e. The highest BCUT2D eigenvalue weighted by molar-refractivity contribution is 5.89. The van der Waals surface area contributed by atoms with Crippen LogP contribution in [0.4, 0.5) is 0 Å². The molecule has 21 heavy (non-hydrogen) atoms. The van der Waals surface area contributed by atoms with Crippen molar-refractivity contribution in [1.29, 1.82) is 0 Å². The van der Waals surface area contributed by atoms with Crippen LogP contribution in [0.3, 0.4) is 0 Å². The molecule has 0 saturated heterocycles. The van der Waals surface area contributed by atoms with Gasteiger partial charge in [0.2, 0.25) is 5.91 Å². The Bertz CT molecular complexity index is 531. The summed E-state index contributed by atoms with van der Waals surface area (Å²) in [6, 6.07) is 6.78. The van der Waals surface area contributed by atoms with Gasteiger partial charge in [-0.05, 0) is 25.1 Å². The fourth-order valence-electron chi connectivity index (χ4n) is 1.78. The summed E-state index contributed by atoms with van der Waals surface area (Å²) >= 11 is 0. The molecular formula is C14H19N3O4. The van der Waals surface area contributed by atoms with Crippen LogP contribution in [0.5, 0.6) is 0 Å². The lowest BCUT2D eigenvalue weighted by Gasteiger charge is -2.16. The van der Waals surface area contributed by atoms with E-state index in [9.17, 15) is 14.4 Å². The van der Waals surface area contributed by atoms with Crippen LogP contribution in [0, 0.1) is 0 Å². The second-order valence-corrected chi connectivity index (χ2v) is 4.68. The van der Waals surface area contributed by atoms with Gasteiger partial charge < -0.3 is 5.11 Å². The summed E-state index contributed by atoms with van der Waals surface area (Å²) in [4.78, 5) is 35.0. The largest absolute Gasteiger partial charge is 0.478 e. The highest BCUT2D eigenvalue weighted by atomic mass is 16.4. The Balaban J connectivity index is 2.46. The molecule has 7 nitrogen and oxygen atoms in total. The van der Waals surface area contributed by atoms with Gasteiger partial charge in [-0.25, -0.2) is 4.79 Å². The molecule has 1 rings (SSSR count). The predicted molar refractivity (Wildman–Crippen MR) is 76.6 cm³/mol. The minimum Gasteiger partial charge on any atom is -0.478 e. The molecule has 114 valence electrons.